The van der Waals surface area contributed by atoms with E-state index in [9.17, 15) is 18.0 Å². The molecular formula is C13H12F3N3O2. The Balaban J connectivity index is 2.45. The number of benzene rings is 1. The van der Waals surface area contributed by atoms with E-state index in [0.29, 0.717) is 10.2 Å². The Bertz CT molecular complexity index is 692. The molecule has 0 atom stereocenters. The lowest BCUT2D eigenvalue weighted by molar-refractivity contribution is -0.144. The van der Waals surface area contributed by atoms with E-state index in [1.165, 1.54) is 0 Å². The highest BCUT2D eigenvalue weighted by Gasteiger charge is 2.41. The number of aryl methyl sites for hydroxylation is 2. The van der Waals surface area contributed by atoms with Gasteiger partial charge < -0.3 is 5.11 Å². The predicted octanol–water partition coefficient (Wildman–Crippen LogP) is 2.66. The second-order valence-electron chi connectivity index (χ2n) is 4.67. The monoisotopic (exact) mass is 299 g/mol. The molecule has 1 aromatic carbocycles. The Morgan fingerprint density at radius 2 is 1.95 bits per heavy atom. The first-order valence-electron chi connectivity index (χ1n) is 6.00. The normalized spacial score (nSPS) is 11.7. The smallest absolute Gasteiger partial charge is 0.435 e. The molecule has 112 valence electrons. The molecule has 5 nitrogen and oxygen atoms in total. The summed E-state index contributed by atoms with van der Waals surface area (Å²) in [6.45, 7) is 3.53. The largest absolute Gasteiger partial charge is 0.476 e. The van der Waals surface area contributed by atoms with E-state index in [4.69, 9.17) is 5.11 Å². The number of rotatable bonds is 3. The molecule has 1 aromatic heterocycles. The van der Waals surface area contributed by atoms with Crippen molar-refractivity contribution < 1.29 is 23.1 Å². The lowest BCUT2D eigenvalue weighted by Crippen LogP contribution is -2.19. The topological polar surface area (TPSA) is 68.0 Å². The molecule has 0 spiro atoms. The molecule has 0 bridgehead atoms. The molecule has 2 rings (SSSR count). The van der Waals surface area contributed by atoms with Crippen molar-refractivity contribution in [3.05, 3.63) is 46.3 Å². The highest BCUT2D eigenvalue weighted by Crippen LogP contribution is 2.31. The molecular weight excluding hydrogens is 287 g/mol. The van der Waals surface area contributed by atoms with Crippen LogP contribution in [0.3, 0.4) is 0 Å². The summed E-state index contributed by atoms with van der Waals surface area (Å²) in [5, 5.41) is 15.2. The average Bonchev–Trinajstić information content (AvgIpc) is 2.77. The minimum Gasteiger partial charge on any atom is -0.476 e. The van der Waals surface area contributed by atoms with Gasteiger partial charge >= 0.3 is 12.1 Å². The molecule has 2 aromatic rings. The third kappa shape index (κ3) is 3.04. The number of nitrogens with zero attached hydrogens (tertiary/aromatic N) is 3. The molecule has 0 aliphatic heterocycles. The maximum Gasteiger partial charge on any atom is 0.435 e. The van der Waals surface area contributed by atoms with Crippen LogP contribution in [0.4, 0.5) is 13.2 Å². The number of hydrogen-bond acceptors (Lipinski definition) is 3. The SMILES string of the molecule is Cc1ccc(Cn2nnc(C(=O)O)c2C(F)(F)F)cc1C. The van der Waals surface area contributed by atoms with Gasteiger partial charge in [-0.2, -0.15) is 13.2 Å². The van der Waals surface area contributed by atoms with Gasteiger partial charge in [-0.05, 0) is 30.5 Å². The van der Waals surface area contributed by atoms with Gasteiger partial charge in [0.1, 0.15) is 0 Å². The van der Waals surface area contributed by atoms with Crippen LogP contribution in [-0.2, 0) is 12.7 Å². The Morgan fingerprint density at radius 3 is 2.48 bits per heavy atom. The fourth-order valence-corrected chi connectivity index (χ4v) is 1.92. The second kappa shape index (κ2) is 5.19. The summed E-state index contributed by atoms with van der Waals surface area (Å²) in [5.74, 6) is -1.76. The van der Waals surface area contributed by atoms with E-state index >= 15 is 0 Å². The summed E-state index contributed by atoms with van der Waals surface area (Å²) in [6.07, 6.45) is -4.84. The second-order valence-corrected chi connectivity index (χ2v) is 4.67. The van der Waals surface area contributed by atoms with Gasteiger partial charge in [-0.1, -0.05) is 23.4 Å². The highest BCUT2D eigenvalue weighted by atomic mass is 19.4. The lowest BCUT2D eigenvalue weighted by Gasteiger charge is -2.11. The quantitative estimate of drug-likeness (QED) is 0.946. The molecule has 21 heavy (non-hydrogen) atoms. The van der Waals surface area contributed by atoms with E-state index in [1.807, 2.05) is 13.8 Å². The Hall–Kier alpha value is -2.38. The minimum atomic E-state index is -4.84. The van der Waals surface area contributed by atoms with E-state index in [-0.39, 0.29) is 6.54 Å². The Labute approximate surface area is 118 Å². The number of aromatic carboxylic acids is 1. The van der Waals surface area contributed by atoms with E-state index in [1.54, 1.807) is 18.2 Å². The standard InChI is InChI=1S/C13H12F3N3O2/c1-7-3-4-9(5-8(7)2)6-19-11(13(14,15)16)10(12(20)21)17-18-19/h3-5H,6H2,1-2H3,(H,20,21). The molecule has 0 saturated heterocycles. The maximum absolute atomic E-state index is 13.0. The number of carbonyl (C=O) groups is 1. The van der Waals surface area contributed by atoms with Crippen LogP contribution in [0.15, 0.2) is 18.2 Å². The fraction of sp³-hybridized carbons (Fsp3) is 0.308. The third-order valence-electron chi connectivity index (χ3n) is 3.11. The molecule has 0 unspecified atom stereocenters. The van der Waals surface area contributed by atoms with E-state index < -0.39 is 23.5 Å². The van der Waals surface area contributed by atoms with Crippen LogP contribution in [0.2, 0.25) is 0 Å². The fourth-order valence-electron chi connectivity index (χ4n) is 1.92. The van der Waals surface area contributed by atoms with Gasteiger partial charge in [0, 0.05) is 0 Å². The van der Waals surface area contributed by atoms with E-state index in [0.717, 1.165) is 11.1 Å². The molecule has 1 N–H and O–H groups in total. The van der Waals surface area contributed by atoms with Crippen molar-refractivity contribution in [1.82, 2.24) is 15.0 Å². The number of aromatic nitrogens is 3. The molecule has 1 heterocycles. The van der Waals surface area contributed by atoms with Crippen LogP contribution in [-0.4, -0.2) is 26.1 Å². The molecule has 0 aliphatic rings. The molecule has 8 heteroatoms. The minimum absolute atomic E-state index is 0.198. The Kier molecular flexibility index (Phi) is 3.71. The first-order chi connectivity index (χ1) is 9.70. The van der Waals surface area contributed by atoms with Gasteiger partial charge in [-0.25, -0.2) is 9.48 Å². The van der Waals surface area contributed by atoms with Crippen LogP contribution in [0.25, 0.3) is 0 Å². The van der Waals surface area contributed by atoms with Crippen molar-refractivity contribution in [2.24, 2.45) is 0 Å². The number of halogens is 3. The van der Waals surface area contributed by atoms with Gasteiger partial charge in [0.2, 0.25) is 5.69 Å². The van der Waals surface area contributed by atoms with Gasteiger partial charge in [-0.3, -0.25) is 0 Å². The third-order valence-corrected chi connectivity index (χ3v) is 3.11. The zero-order valence-electron chi connectivity index (χ0n) is 11.3. The first-order valence-corrected chi connectivity index (χ1v) is 6.00. The highest BCUT2D eigenvalue weighted by molar-refractivity contribution is 5.86. The van der Waals surface area contributed by atoms with Crippen molar-refractivity contribution in [1.29, 1.82) is 0 Å². The number of hydrogen-bond donors (Lipinski definition) is 1. The molecule has 0 saturated carbocycles. The number of carboxylic acids is 1. The van der Waals surface area contributed by atoms with Gasteiger partial charge in [-0.15, -0.1) is 5.10 Å². The molecule has 0 aliphatic carbocycles. The molecule has 0 radical (unpaired) electrons. The van der Waals surface area contributed by atoms with Crippen LogP contribution in [0.1, 0.15) is 32.9 Å². The first kappa shape index (κ1) is 15.0. The zero-order chi connectivity index (χ0) is 15.8. The van der Waals surface area contributed by atoms with E-state index in [2.05, 4.69) is 10.3 Å². The van der Waals surface area contributed by atoms with Crippen LogP contribution >= 0.6 is 0 Å². The van der Waals surface area contributed by atoms with Crippen molar-refractivity contribution in [3.63, 3.8) is 0 Å². The number of carboxylic acid groups (broad SMARTS) is 1. The summed E-state index contributed by atoms with van der Waals surface area (Å²) in [5.41, 5.74) is 0.0873. The summed E-state index contributed by atoms with van der Waals surface area (Å²) in [7, 11) is 0. The summed E-state index contributed by atoms with van der Waals surface area (Å²) in [6, 6.07) is 5.19. The van der Waals surface area contributed by atoms with Crippen molar-refractivity contribution in [2.75, 3.05) is 0 Å². The predicted molar refractivity (Wildman–Crippen MR) is 67.0 cm³/mol. The summed E-state index contributed by atoms with van der Waals surface area (Å²) >= 11 is 0. The van der Waals surface area contributed by atoms with Crippen molar-refractivity contribution in [2.45, 2.75) is 26.6 Å². The van der Waals surface area contributed by atoms with Gasteiger partial charge in [0.15, 0.2) is 5.69 Å². The zero-order valence-corrected chi connectivity index (χ0v) is 11.3. The van der Waals surface area contributed by atoms with Crippen molar-refractivity contribution in [3.8, 4) is 0 Å². The number of alkyl halides is 3. The summed E-state index contributed by atoms with van der Waals surface area (Å²) < 4.78 is 39.5. The van der Waals surface area contributed by atoms with Crippen molar-refractivity contribution >= 4 is 5.97 Å². The maximum atomic E-state index is 13.0. The summed E-state index contributed by atoms with van der Waals surface area (Å²) in [4.78, 5) is 10.8. The van der Waals surface area contributed by atoms with Crippen LogP contribution < -0.4 is 0 Å². The van der Waals surface area contributed by atoms with Crippen LogP contribution in [0.5, 0.6) is 0 Å². The van der Waals surface area contributed by atoms with Gasteiger partial charge in [0.25, 0.3) is 0 Å². The molecule has 0 amide bonds. The lowest BCUT2D eigenvalue weighted by atomic mass is 10.1. The van der Waals surface area contributed by atoms with Gasteiger partial charge in [0.05, 0.1) is 6.54 Å². The van der Waals surface area contributed by atoms with Crippen LogP contribution in [0, 0.1) is 13.8 Å². The molecule has 0 fully saturated rings. The average molecular weight is 299 g/mol. The Morgan fingerprint density at radius 1 is 1.29 bits per heavy atom.